The first-order valence-electron chi connectivity index (χ1n) is 5.89. The minimum Gasteiger partial charge on any atom is -0.249 e. The summed E-state index contributed by atoms with van der Waals surface area (Å²) in [6, 6.07) is -0.156. The van der Waals surface area contributed by atoms with Gasteiger partial charge in [-0.15, -0.1) is 11.6 Å². The van der Waals surface area contributed by atoms with Crippen molar-refractivity contribution in [2.45, 2.75) is 38.1 Å². The van der Waals surface area contributed by atoms with Gasteiger partial charge < -0.3 is 0 Å². The van der Waals surface area contributed by atoms with E-state index in [-0.39, 0.29) is 23.5 Å². The number of alkyl halides is 1. The summed E-state index contributed by atoms with van der Waals surface area (Å²) in [5, 5.41) is 4.95. The molecule has 1 saturated heterocycles. The van der Waals surface area contributed by atoms with Gasteiger partial charge in [-0.1, -0.05) is 25.4 Å². The van der Waals surface area contributed by atoms with Gasteiger partial charge in [-0.05, 0) is 12.3 Å². The SMILES string of the molecule is CC(C)c1nn(C2CCS(=O)(=O)C2)c(Cl)c1CCl. The summed E-state index contributed by atoms with van der Waals surface area (Å²) < 4.78 is 24.7. The van der Waals surface area contributed by atoms with Gasteiger partial charge in [-0.25, -0.2) is 13.1 Å². The molecule has 1 aliphatic heterocycles. The average molecular weight is 311 g/mol. The Labute approximate surface area is 117 Å². The topological polar surface area (TPSA) is 52.0 Å². The van der Waals surface area contributed by atoms with Gasteiger partial charge in [0.1, 0.15) is 5.15 Å². The van der Waals surface area contributed by atoms with Crippen LogP contribution >= 0.6 is 23.2 Å². The third kappa shape index (κ3) is 2.53. The highest BCUT2D eigenvalue weighted by Gasteiger charge is 2.32. The summed E-state index contributed by atoms with van der Waals surface area (Å²) in [5.74, 6) is 0.844. The van der Waals surface area contributed by atoms with Crippen LogP contribution in [0.5, 0.6) is 0 Å². The Kier molecular flexibility index (Phi) is 3.95. The molecule has 0 N–H and O–H groups in total. The second-order valence-corrected chi connectivity index (χ2v) is 7.80. The first kappa shape index (κ1) is 14.2. The minimum atomic E-state index is -2.94. The molecule has 0 aliphatic carbocycles. The number of aromatic nitrogens is 2. The van der Waals surface area contributed by atoms with Crippen molar-refractivity contribution >= 4 is 33.0 Å². The lowest BCUT2D eigenvalue weighted by molar-refractivity contribution is 0.493. The van der Waals surface area contributed by atoms with E-state index >= 15 is 0 Å². The van der Waals surface area contributed by atoms with Gasteiger partial charge in [0.2, 0.25) is 0 Å². The van der Waals surface area contributed by atoms with E-state index in [0.29, 0.717) is 17.5 Å². The Balaban J connectivity index is 2.41. The lowest BCUT2D eigenvalue weighted by Gasteiger charge is -2.09. The standard InChI is InChI=1S/C11H16Cl2N2O2S/c1-7(2)10-9(5-12)11(13)15(14-10)8-3-4-18(16,17)6-8/h7-8H,3-6H2,1-2H3. The number of sulfone groups is 1. The fourth-order valence-corrected chi connectivity index (χ4v) is 4.63. The van der Waals surface area contributed by atoms with Crippen LogP contribution in [0.1, 0.15) is 43.5 Å². The highest BCUT2D eigenvalue weighted by Crippen LogP contribution is 2.33. The average Bonchev–Trinajstić information content (AvgIpc) is 2.78. The molecule has 0 amide bonds. The zero-order valence-corrected chi connectivity index (χ0v) is 12.7. The van der Waals surface area contributed by atoms with E-state index in [2.05, 4.69) is 5.10 Å². The molecule has 1 unspecified atom stereocenters. The molecular weight excluding hydrogens is 295 g/mol. The van der Waals surface area contributed by atoms with E-state index in [9.17, 15) is 8.42 Å². The summed E-state index contributed by atoms with van der Waals surface area (Å²) in [4.78, 5) is 0. The Bertz CT molecular complexity index is 552. The molecule has 18 heavy (non-hydrogen) atoms. The van der Waals surface area contributed by atoms with Crippen molar-refractivity contribution in [2.24, 2.45) is 0 Å². The molecule has 0 bridgehead atoms. The third-order valence-corrected chi connectivity index (χ3v) is 5.63. The number of nitrogens with zero attached hydrogens (tertiary/aromatic N) is 2. The van der Waals surface area contributed by atoms with E-state index in [1.54, 1.807) is 4.68 Å². The fraction of sp³-hybridized carbons (Fsp3) is 0.727. The molecule has 2 heterocycles. The maximum atomic E-state index is 11.5. The van der Waals surface area contributed by atoms with Gasteiger partial charge in [0.05, 0.1) is 29.1 Å². The van der Waals surface area contributed by atoms with E-state index in [1.807, 2.05) is 13.8 Å². The van der Waals surface area contributed by atoms with Crippen LogP contribution in [0.2, 0.25) is 5.15 Å². The van der Waals surface area contributed by atoms with Gasteiger partial charge in [0.15, 0.2) is 9.84 Å². The van der Waals surface area contributed by atoms with E-state index in [1.165, 1.54) is 0 Å². The predicted octanol–water partition coefficient (Wildman–Crippen LogP) is 2.76. The van der Waals surface area contributed by atoms with Gasteiger partial charge in [0.25, 0.3) is 0 Å². The summed E-state index contributed by atoms with van der Waals surface area (Å²) in [6.45, 7) is 4.04. The fourth-order valence-electron chi connectivity index (χ4n) is 2.26. The molecule has 1 aliphatic rings. The molecule has 102 valence electrons. The van der Waals surface area contributed by atoms with Crippen LogP contribution < -0.4 is 0 Å². The van der Waals surface area contributed by atoms with Crippen LogP contribution in [0.4, 0.5) is 0 Å². The number of halogens is 2. The van der Waals surface area contributed by atoms with Gasteiger partial charge >= 0.3 is 0 Å². The number of rotatable bonds is 3. The Morgan fingerprint density at radius 2 is 2.17 bits per heavy atom. The largest absolute Gasteiger partial charge is 0.249 e. The van der Waals surface area contributed by atoms with Crippen LogP contribution in [0, 0.1) is 0 Å². The molecule has 1 aromatic heterocycles. The number of hydrogen-bond donors (Lipinski definition) is 0. The van der Waals surface area contributed by atoms with E-state index in [4.69, 9.17) is 23.2 Å². The van der Waals surface area contributed by atoms with Gasteiger partial charge in [-0.3, -0.25) is 0 Å². The Morgan fingerprint density at radius 1 is 1.50 bits per heavy atom. The van der Waals surface area contributed by atoms with Crippen molar-refractivity contribution < 1.29 is 8.42 Å². The molecule has 2 rings (SSSR count). The second kappa shape index (κ2) is 5.02. The molecule has 1 aromatic rings. The third-order valence-electron chi connectivity index (χ3n) is 3.21. The van der Waals surface area contributed by atoms with Gasteiger partial charge in [0, 0.05) is 5.56 Å². The monoisotopic (exact) mass is 310 g/mol. The Morgan fingerprint density at radius 3 is 2.56 bits per heavy atom. The highest BCUT2D eigenvalue weighted by atomic mass is 35.5. The van der Waals surface area contributed by atoms with Crippen molar-refractivity contribution in [1.29, 1.82) is 0 Å². The first-order chi connectivity index (χ1) is 8.35. The normalized spacial score (nSPS) is 22.8. The molecule has 0 radical (unpaired) electrons. The lowest BCUT2D eigenvalue weighted by atomic mass is 10.1. The van der Waals surface area contributed by atoms with Crippen LogP contribution in [0.3, 0.4) is 0 Å². The summed E-state index contributed by atoms with van der Waals surface area (Å²) in [7, 11) is -2.94. The zero-order chi connectivity index (χ0) is 13.5. The maximum absolute atomic E-state index is 11.5. The van der Waals surface area contributed by atoms with Crippen molar-refractivity contribution in [3.05, 3.63) is 16.4 Å². The predicted molar refractivity (Wildman–Crippen MR) is 73.2 cm³/mol. The van der Waals surface area contributed by atoms with Crippen LogP contribution in [-0.2, 0) is 15.7 Å². The smallest absolute Gasteiger partial charge is 0.152 e. The number of hydrogen-bond acceptors (Lipinski definition) is 3. The van der Waals surface area contributed by atoms with Crippen molar-refractivity contribution in [1.82, 2.24) is 9.78 Å². The molecule has 4 nitrogen and oxygen atoms in total. The molecule has 0 aromatic carbocycles. The van der Waals surface area contributed by atoms with E-state index < -0.39 is 9.84 Å². The molecule has 0 spiro atoms. The van der Waals surface area contributed by atoms with Crippen LogP contribution in [0.25, 0.3) is 0 Å². The van der Waals surface area contributed by atoms with Crippen molar-refractivity contribution in [3.8, 4) is 0 Å². The molecule has 1 fully saturated rings. The maximum Gasteiger partial charge on any atom is 0.152 e. The Hall–Kier alpha value is -0.260. The lowest BCUT2D eigenvalue weighted by Crippen LogP contribution is -2.13. The molecule has 0 saturated carbocycles. The van der Waals surface area contributed by atoms with Crippen molar-refractivity contribution in [3.63, 3.8) is 0 Å². The van der Waals surface area contributed by atoms with Crippen LogP contribution in [-0.4, -0.2) is 29.7 Å². The summed E-state index contributed by atoms with van der Waals surface area (Å²) in [5.41, 5.74) is 1.68. The van der Waals surface area contributed by atoms with E-state index in [0.717, 1.165) is 11.3 Å². The second-order valence-electron chi connectivity index (χ2n) is 4.94. The first-order valence-corrected chi connectivity index (χ1v) is 8.62. The minimum absolute atomic E-state index is 0.119. The highest BCUT2D eigenvalue weighted by molar-refractivity contribution is 7.91. The quantitative estimate of drug-likeness (QED) is 0.807. The molecule has 7 heteroatoms. The summed E-state index contributed by atoms with van der Waals surface area (Å²) >= 11 is 12.2. The zero-order valence-electron chi connectivity index (χ0n) is 10.4. The summed E-state index contributed by atoms with van der Waals surface area (Å²) in [6.07, 6.45) is 0.572. The van der Waals surface area contributed by atoms with Crippen molar-refractivity contribution in [2.75, 3.05) is 11.5 Å². The van der Waals surface area contributed by atoms with Crippen LogP contribution in [0.15, 0.2) is 0 Å². The molecule has 1 atom stereocenters. The van der Waals surface area contributed by atoms with Gasteiger partial charge in [-0.2, -0.15) is 5.10 Å². The molecular formula is C11H16Cl2N2O2S.